The molecule has 35 heavy (non-hydrogen) atoms. The van der Waals surface area contributed by atoms with Crippen molar-refractivity contribution in [3.8, 4) is 0 Å². The Hall–Kier alpha value is -3.72. The predicted molar refractivity (Wildman–Crippen MR) is 131 cm³/mol. The van der Waals surface area contributed by atoms with Gasteiger partial charge in [0, 0.05) is 41.4 Å². The fraction of sp³-hybridized carbons (Fsp3) is 0.231. The van der Waals surface area contributed by atoms with Crippen LogP contribution in [0.25, 0.3) is 0 Å². The molecule has 0 aliphatic carbocycles. The number of likely N-dealkylation sites (tertiary alicyclic amines) is 1. The first-order valence-corrected chi connectivity index (χ1v) is 12.1. The number of non-ortho nitro benzene ring substituents is 1. The van der Waals surface area contributed by atoms with Gasteiger partial charge < -0.3 is 10.2 Å². The van der Waals surface area contributed by atoms with Crippen molar-refractivity contribution in [3.05, 3.63) is 99.9 Å². The van der Waals surface area contributed by atoms with E-state index in [1.54, 1.807) is 23.1 Å². The summed E-state index contributed by atoms with van der Waals surface area (Å²) in [6.07, 6.45) is 2.10. The van der Waals surface area contributed by atoms with Crippen molar-refractivity contribution in [1.82, 2.24) is 10.2 Å². The van der Waals surface area contributed by atoms with Crippen LogP contribution in [0, 0.1) is 15.9 Å². The monoisotopic (exact) mass is 493 g/mol. The second-order valence-corrected chi connectivity index (χ2v) is 9.30. The van der Waals surface area contributed by atoms with Gasteiger partial charge in [-0.25, -0.2) is 4.39 Å². The van der Waals surface area contributed by atoms with E-state index in [0.29, 0.717) is 18.0 Å². The van der Waals surface area contributed by atoms with Gasteiger partial charge in [-0.15, -0.1) is 0 Å². The van der Waals surface area contributed by atoms with Crippen LogP contribution in [0.5, 0.6) is 0 Å². The summed E-state index contributed by atoms with van der Waals surface area (Å²) in [5.74, 6) is -1.28. The van der Waals surface area contributed by atoms with Gasteiger partial charge in [-0.3, -0.25) is 19.7 Å². The molecule has 3 aromatic carbocycles. The summed E-state index contributed by atoms with van der Waals surface area (Å²) < 4.78 is 14.3. The molecule has 0 bridgehead atoms. The van der Waals surface area contributed by atoms with E-state index in [9.17, 15) is 24.1 Å². The van der Waals surface area contributed by atoms with Crippen molar-refractivity contribution in [1.29, 1.82) is 0 Å². The van der Waals surface area contributed by atoms with Gasteiger partial charge in [0.2, 0.25) is 5.91 Å². The number of rotatable bonds is 8. The van der Waals surface area contributed by atoms with Gasteiger partial charge in [0.1, 0.15) is 11.9 Å². The molecule has 0 radical (unpaired) electrons. The second-order valence-electron chi connectivity index (χ2n) is 8.22. The van der Waals surface area contributed by atoms with Crippen LogP contribution in [0.15, 0.2) is 82.6 Å². The smallest absolute Gasteiger partial charge is 0.270 e. The van der Waals surface area contributed by atoms with Crippen molar-refractivity contribution in [2.45, 2.75) is 35.1 Å². The highest BCUT2D eigenvalue weighted by atomic mass is 32.2. The Morgan fingerprint density at radius 3 is 2.37 bits per heavy atom. The number of hydrogen-bond donors (Lipinski definition) is 1. The molecule has 0 spiro atoms. The zero-order chi connectivity index (χ0) is 24.8. The van der Waals surface area contributed by atoms with Crippen molar-refractivity contribution in [2.24, 2.45) is 0 Å². The molecule has 1 heterocycles. The summed E-state index contributed by atoms with van der Waals surface area (Å²) >= 11 is 1.00. The SMILES string of the molecule is O=C(NC(Cc1ccccc1)C(=O)N1CCCC1)c1cc([N+](=O)[O-])ccc1Sc1ccccc1F. The first-order valence-electron chi connectivity index (χ1n) is 11.3. The summed E-state index contributed by atoms with van der Waals surface area (Å²) in [5.41, 5.74) is 0.628. The van der Waals surface area contributed by atoms with Crippen LogP contribution in [0.4, 0.5) is 10.1 Å². The van der Waals surface area contributed by atoms with Crippen LogP contribution in [0.2, 0.25) is 0 Å². The Morgan fingerprint density at radius 2 is 1.69 bits per heavy atom. The summed E-state index contributed by atoms with van der Waals surface area (Å²) in [7, 11) is 0. The third-order valence-electron chi connectivity index (χ3n) is 5.78. The minimum Gasteiger partial charge on any atom is -0.341 e. The maximum atomic E-state index is 14.3. The van der Waals surface area contributed by atoms with Crippen LogP contribution in [0.1, 0.15) is 28.8 Å². The van der Waals surface area contributed by atoms with E-state index in [1.807, 2.05) is 30.3 Å². The standard InChI is InChI=1S/C26H24FN3O4S/c27-21-10-4-5-11-24(21)35-23-13-12-19(30(33)34)17-20(23)25(31)28-22(16-18-8-2-1-3-9-18)26(32)29-14-6-7-15-29/h1-5,8-13,17,22H,6-7,14-16H2,(H,28,31). The molecule has 1 fully saturated rings. The van der Waals surface area contributed by atoms with Gasteiger partial charge in [-0.2, -0.15) is 0 Å². The van der Waals surface area contributed by atoms with Crippen LogP contribution in [-0.2, 0) is 11.2 Å². The number of amides is 2. The molecule has 7 nitrogen and oxygen atoms in total. The zero-order valence-corrected chi connectivity index (χ0v) is 19.7. The Labute approximate surface area is 206 Å². The van der Waals surface area contributed by atoms with Crippen molar-refractivity contribution in [2.75, 3.05) is 13.1 Å². The minimum atomic E-state index is -0.839. The molecular formula is C26H24FN3O4S. The van der Waals surface area contributed by atoms with Crippen molar-refractivity contribution < 1.29 is 18.9 Å². The molecule has 1 saturated heterocycles. The Balaban J connectivity index is 1.65. The van der Waals surface area contributed by atoms with Gasteiger partial charge in [0.25, 0.3) is 11.6 Å². The van der Waals surface area contributed by atoms with E-state index in [-0.39, 0.29) is 28.5 Å². The van der Waals surface area contributed by atoms with E-state index in [2.05, 4.69) is 5.32 Å². The topological polar surface area (TPSA) is 92.6 Å². The van der Waals surface area contributed by atoms with Crippen LogP contribution in [0.3, 0.4) is 0 Å². The van der Waals surface area contributed by atoms with Crippen LogP contribution in [-0.4, -0.2) is 40.8 Å². The number of benzene rings is 3. The summed E-state index contributed by atoms with van der Waals surface area (Å²) in [6.45, 7) is 1.26. The average molecular weight is 494 g/mol. The number of nitro groups is 1. The normalized spacial score (nSPS) is 13.9. The van der Waals surface area contributed by atoms with Gasteiger partial charge >= 0.3 is 0 Å². The Morgan fingerprint density at radius 1 is 1.00 bits per heavy atom. The maximum Gasteiger partial charge on any atom is 0.270 e. The Kier molecular flexibility index (Phi) is 7.77. The van der Waals surface area contributed by atoms with E-state index in [1.165, 1.54) is 24.3 Å². The first kappa shape index (κ1) is 24.4. The van der Waals surface area contributed by atoms with Gasteiger partial charge in [-0.1, -0.05) is 54.2 Å². The third-order valence-corrected chi connectivity index (χ3v) is 6.91. The molecule has 1 unspecified atom stereocenters. The van der Waals surface area contributed by atoms with Gasteiger partial charge in [0.15, 0.2) is 0 Å². The number of hydrogen-bond acceptors (Lipinski definition) is 5. The lowest BCUT2D eigenvalue weighted by Gasteiger charge is -2.24. The van der Waals surface area contributed by atoms with E-state index >= 15 is 0 Å². The molecule has 0 saturated carbocycles. The van der Waals surface area contributed by atoms with Gasteiger partial charge in [0.05, 0.1) is 10.5 Å². The first-order chi connectivity index (χ1) is 16.9. The summed E-state index contributed by atoms with van der Waals surface area (Å²) in [5, 5.41) is 14.2. The van der Waals surface area contributed by atoms with E-state index in [0.717, 1.165) is 30.2 Å². The Bertz CT molecular complexity index is 1230. The largest absolute Gasteiger partial charge is 0.341 e. The molecule has 2 amide bonds. The number of nitrogens with one attached hydrogen (secondary N) is 1. The number of nitrogens with zero attached hydrogens (tertiary/aromatic N) is 2. The average Bonchev–Trinajstić information content (AvgIpc) is 3.40. The highest BCUT2D eigenvalue weighted by molar-refractivity contribution is 7.99. The molecule has 1 N–H and O–H groups in total. The molecule has 4 rings (SSSR count). The molecular weight excluding hydrogens is 469 g/mol. The fourth-order valence-corrected chi connectivity index (χ4v) is 4.93. The maximum absolute atomic E-state index is 14.3. The zero-order valence-electron chi connectivity index (χ0n) is 18.9. The molecule has 9 heteroatoms. The molecule has 1 atom stereocenters. The predicted octanol–water partition coefficient (Wildman–Crippen LogP) is 4.85. The number of halogens is 1. The molecule has 0 aromatic heterocycles. The van der Waals surface area contributed by atoms with Crippen LogP contribution >= 0.6 is 11.8 Å². The molecule has 3 aromatic rings. The molecule has 180 valence electrons. The highest BCUT2D eigenvalue weighted by Gasteiger charge is 2.29. The van der Waals surface area contributed by atoms with E-state index < -0.39 is 22.7 Å². The van der Waals surface area contributed by atoms with Crippen molar-refractivity contribution in [3.63, 3.8) is 0 Å². The second kappa shape index (κ2) is 11.1. The molecule has 1 aliphatic rings. The van der Waals surface area contributed by atoms with Gasteiger partial charge in [-0.05, 0) is 36.6 Å². The highest BCUT2D eigenvalue weighted by Crippen LogP contribution is 2.34. The lowest BCUT2D eigenvalue weighted by atomic mass is 10.0. The number of carbonyl (C=O) groups is 2. The van der Waals surface area contributed by atoms with Crippen LogP contribution < -0.4 is 5.32 Å². The minimum absolute atomic E-state index is 0.0136. The lowest BCUT2D eigenvalue weighted by molar-refractivity contribution is -0.384. The lowest BCUT2D eigenvalue weighted by Crippen LogP contribution is -2.49. The quantitative estimate of drug-likeness (QED) is 0.358. The molecule has 1 aliphatic heterocycles. The van der Waals surface area contributed by atoms with E-state index in [4.69, 9.17) is 0 Å². The third kappa shape index (κ3) is 6.05. The fourth-order valence-electron chi connectivity index (χ4n) is 3.99. The number of carbonyl (C=O) groups excluding carboxylic acids is 2. The summed E-state index contributed by atoms with van der Waals surface area (Å²) in [4.78, 5) is 39.9. The summed E-state index contributed by atoms with van der Waals surface area (Å²) in [6, 6.07) is 18.5. The number of nitro benzene ring substituents is 1. The van der Waals surface area contributed by atoms with Crippen molar-refractivity contribution >= 4 is 29.3 Å².